The number of esters is 1. The molecule has 2 heterocycles. The number of aromatic nitrogens is 2. The third-order valence-corrected chi connectivity index (χ3v) is 6.21. The summed E-state index contributed by atoms with van der Waals surface area (Å²) in [5.41, 5.74) is 3.28. The summed E-state index contributed by atoms with van der Waals surface area (Å²) in [6.45, 7) is 7.06. The molecule has 1 aromatic carbocycles. The fourth-order valence-electron chi connectivity index (χ4n) is 2.98. The predicted octanol–water partition coefficient (Wildman–Crippen LogP) is 4.65. The molecule has 1 unspecified atom stereocenters. The molecule has 0 saturated heterocycles. The molecule has 0 radical (unpaired) electrons. The van der Waals surface area contributed by atoms with Crippen molar-refractivity contribution in [3.63, 3.8) is 0 Å². The Morgan fingerprint density at radius 1 is 1.29 bits per heavy atom. The molecular formula is C21H25N3O3S. The predicted molar refractivity (Wildman–Crippen MR) is 109 cm³/mol. The summed E-state index contributed by atoms with van der Waals surface area (Å²) in [4.78, 5) is 24.3. The van der Waals surface area contributed by atoms with Gasteiger partial charge in [-0.1, -0.05) is 6.92 Å². The number of oxazole rings is 1. The maximum atomic E-state index is 11.5. The normalized spacial score (nSPS) is 12.4. The van der Waals surface area contributed by atoms with Crippen molar-refractivity contribution in [2.75, 3.05) is 14.2 Å². The SMILES string of the molecule is CCc1nc(C)c(C(C)N(C)Cc2coc(-c3ccc(C(=O)OC)cc3)n2)s1. The second kappa shape index (κ2) is 8.67. The van der Waals surface area contributed by atoms with Crippen LogP contribution in [0.2, 0.25) is 0 Å². The number of carbonyl (C=O) groups excluding carboxylic acids is 1. The lowest BCUT2D eigenvalue weighted by Crippen LogP contribution is -2.22. The summed E-state index contributed by atoms with van der Waals surface area (Å²) < 4.78 is 10.4. The molecule has 0 aliphatic carbocycles. The van der Waals surface area contributed by atoms with E-state index in [1.54, 1.807) is 41.9 Å². The van der Waals surface area contributed by atoms with E-state index in [4.69, 9.17) is 9.15 Å². The molecule has 0 spiro atoms. The van der Waals surface area contributed by atoms with E-state index in [0.717, 1.165) is 23.4 Å². The molecule has 0 fully saturated rings. The number of ether oxygens (including phenoxy) is 1. The zero-order valence-electron chi connectivity index (χ0n) is 16.9. The van der Waals surface area contributed by atoms with Crippen LogP contribution in [0, 0.1) is 6.92 Å². The Labute approximate surface area is 169 Å². The van der Waals surface area contributed by atoms with E-state index in [9.17, 15) is 4.79 Å². The van der Waals surface area contributed by atoms with Gasteiger partial charge in [-0.2, -0.15) is 0 Å². The number of carbonyl (C=O) groups is 1. The van der Waals surface area contributed by atoms with Gasteiger partial charge < -0.3 is 9.15 Å². The third-order valence-electron chi connectivity index (χ3n) is 4.74. The highest BCUT2D eigenvalue weighted by Gasteiger charge is 2.19. The smallest absolute Gasteiger partial charge is 0.337 e. The molecule has 28 heavy (non-hydrogen) atoms. The van der Waals surface area contributed by atoms with Crippen molar-refractivity contribution in [1.82, 2.24) is 14.9 Å². The Hall–Kier alpha value is -2.51. The van der Waals surface area contributed by atoms with Gasteiger partial charge in [0, 0.05) is 23.0 Å². The van der Waals surface area contributed by atoms with Crippen LogP contribution in [-0.4, -0.2) is 35.0 Å². The molecule has 3 rings (SSSR count). The van der Waals surface area contributed by atoms with Gasteiger partial charge in [-0.25, -0.2) is 14.8 Å². The maximum absolute atomic E-state index is 11.5. The van der Waals surface area contributed by atoms with Crippen molar-refractivity contribution in [2.45, 2.75) is 39.8 Å². The van der Waals surface area contributed by atoms with Gasteiger partial charge in [-0.3, -0.25) is 4.90 Å². The monoisotopic (exact) mass is 399 g/mol. The fraction of sp³-hybridized carbons (Fsp3) is 0.381. The van der Waals surface area contributed by atoms with Crippen molar-refractivity contribution < 1.29 is 13.9 Å². The van der Waals surface area contributed by atoms with Crippen LogP contribution < -0.4 is 0 Å². The van der Waals surface area contributed by atoms with Crippen molar-refractivity contribution in [1.29, 1.82) is 0 Å². The molecular weight excluding hydrogens is 374 g/mol. The van der Waals surface area contributed by atoms with Crippen LogP contribution >= 0.6 is 11.3 Å². The molecule has 0 bridgehead atoms. The summed E-state index contributed by atoms with van der Waals surface area (Å²) in [5, 5.41) is 1.17. The first-order valence-electron chi connectivity index (χ1n) is 9.22. The molecule has 6 nitrogen and oxygen atoms in total. The van der Waals surface area contributed by atoms with Crippen molar-refractivity contribution in [2.24, 2.45) is 0 Å². The van der Waals surface area contributed by atoms with E-state index in [0.29, 0.717) is 18.0 Å². The minimum atomic E-state index is -0.361. The largest absolute Gasteiger partial charge is 0.465 e. The number of hydrogen-bond donors (Lipinski definition) is 0. The summed E-state index contributed by atoms with van der Waals surface area (Å²) in [7, 11) is 3.44. The molecule has 0 aliphatic rings. The molecule has 3 aromatic rings. The summed E-state index contributed by atoms with van der Waals surface area (Å²) in [5.74, 6) is 0.176. The lowest BCUT2D eigenvalue weighted by atomic mass is 10.1. The Morgan fingerprint density at radius 2 is 2.00 bits per heavy atom. The standard InChI is InChI=1S/C21H25N3O3S/c1-6-18-22-13(2)19(28-18)14(3)24(4)11-17-12-27-20(23-17)15-7-9-16(10-8-15)21(25)26-5/h7-10,12,14H,6,11H2,1-5H3. The maximum Gasteiger partial charge on any atom is 0.337 e. The highest BCUT2D eigenvalue weighted by Crippen LogP contribution is 2.30. The van der Waals surface area contributed by atoms with Crippen LogP contribution in [0.15, 0.2) is 34.9 Å². The number of hydrogen-bond acceptors (Lipinski definition) is 7. The number of methoxy groups -OCH3 is 1. The zero-order chi connectivity index (χ0) is 20.3. The summed E-state index contributed by atoms with van der Waals surface area (Å²) in [6, 6.07) is 7.27. The van der Waals surface area contributed by atoms with Gasteiger partial charge in [-0.05, 0) is 51.6 Å². The van der Waals surface area contributed by atoms with Crippen molar-refractivity contribution in [3.05, 3.63) is 57.4 Å². The number of rotatable bonds is 7. The zero-order valence-corrected chi connectivity index (χ0v) is 17.7. The summed E-state index contributed by atoms with van der Waals surface area (Å²) in [6.07, 6.45) is 2.65. The van der Waals surface area contributed by atoms with Gasteiger partial charge in [0.1, 0.15) is 6.26 Å². The average molecular weight is 400 g/mol. The minimum Gasteiger partial charge on any atom is -0.465 e. The fourth-order valence-corrected chi connectivity index (χ4v) is 4.10. The highest BCUT2D eigenvalue weighted by molar-refractivity contribution is 7.11. The van der Waals surface area contributed by atoms with Gasteiger partial charge >= 0.3 is 5.97 Å². The molecule has 2 aromatic heterocycles. The summed E-state index contributed by atoms with van der Waals surface area (Å²) >= 11 is 1.78. The Kier molecular flexibility index (Phi) is 6.26. The number of benzene rings is 1. The van der Waals surface area contributed by atoms with Crippen LogP contribution in [-0.2, 0) is 17.7 Å². The van der Waals surface area contributed by atoms with Crippen LogP contribution in [0.5, 0.6) is 0 Å². The molecule has 0 aliphatic heterocycles. The van der Waals surface area contributed by atoms with Crippen LogP contribution in [0.3, 0.4) is 0 Å². The quantitative estimate of drug-likeness (QED) is 0.539. The number of aryl methyl sites for hydroxylation is 2. The van der Waals surface area contributed by atoms with E-state index in [2.05, 4.69) is 42.7 Å². The van der Waals surface area contributed by atoms with E-state index in [1.807, 2.05) is 0 Å². The lowest BCUT2D eigenvalue weighted by molar-refractivity contribution is 0.0600. The first-order valence-corrected chi connectivity index (χ1v) is 10.0. The van der Waals surface area contributed by atoms with E-state index in [-0.39, 0.29) is 12.0 Å². The van der Waals surface area contributed by atoms with Crippen molar-refractivity contribution >= 4 is 17.3 Å². The van der Waals surface area contributed by atoms with E-state index >= 15 is 0 Å². The Bertz CT molecular complexity index is 946. The van der Waals surface area contributed by atoms with Gasteiger partial charge in [0.05, 0.1) is 29.1 Å². The second-order valence-electron chi connectivity index (χ2n) is 6.71. The molecule has 148 valence electrons. The first kappa shape index (κ1) is 20.2. The van der Waals surface area contributed by atoms with Gasteiger partial charge in [0.2, 0.25) is 5.89 Å². The Morgan fingerprint density at radius 3 is 2.61 bits per heavy atom. The molecule has 0 amide bonds. The Balaban J connectivity index is 1.69. The van der Waals surface area contributed by atoms with Crippen LogP contribution in [0.1, 0.15) is 51.5 Å². The highest BCUT2D eigenvalue weighted by atomic mass is 32.1. The topological polar surface area (TPSA) is 68.5 Å². The van der Waals surface area contributed by atoms with Gasteiger partial charge in [0.25, 0.3) is 0 Å². The first-order chi connectivity index (χ1) is 13.4. The van der Waals surface area contributed by atoms with Gasteiger partial charge in [-0.15, -0.1) is 11.3 Å². The number of thiazole rings is 1. The third kappa shape index (κ3) is 4.31. The van der Waals surface area contributed by atoms with Crippen LogP contribution in [0.4, 0.5) is 0 Å². The molecule has 7 heteroatoms. The second-order valence-corrected chi connectivity index (χ2v) is 7.83. The van der Waals surface area contributed by atoms with Crippen molar-refractivity contribution in [3.8, 4) is 11.5 Å². The van der Waals surface area contributed by atoms with Crippen LogP contribution in [0.25, 0.3) is 11.5 Å². The average Bonchev–Trinajstić information content (AvgIpc) is 3.33. The van der Waals surface area contributed by atoms with E-state index in [1.165, 1.54) is 17.0 Å². The van der Waals surface area contributed by atoms with Gasteiger partial charge in [0.15, 0.2) is 0 Å². The number of nitrogens with zero attached hydrogens (tertiary/aromatic N) is 3. The molecule has 0 saturated carbocycles. The lowest BCUT2D eigenvalue weighted by Gasteiger charge is -2.23. The molecule has 1 atom stereocenters. The molecule has 0 N–H and O–H groups in total. The minimum absolute atomic E-state index is 0.247. The van der Waals surface area contributed by atoms with E-state index < -0.39 is 0 Å².